The summed E-state index contributed by atoms with van der Waals surface area (Å²) in [5.74, 6) is -1.13. The monoisotopic (exact) mass is 387 g/mol. The molecule has 2 amide bonds. The van der Waals surface area contributed by atoms with Crippen LogP contribution >= 0.6 is 0 Å². The number of nitrogens with zero attached hydrogens (tertiary/aromatic N) is 1. The van der Waals surface area contributed by atoms with Gasteiger partial charge in [-0.15, -0.1) is 0 Å². The van der Waals surface area contributed by atoms with E-state index in [9.17, 15) is 22.8 Å². The average Bonchev–Trinajstić information content (AvgIpc) is 2.64. The fourth-order valence-electron chi connectivity index (χ4n) is 2.86. The first kappa shape index (κ1) is 19.3. The van der Waals surface area contributed by atoms with Gasteiger partial charge in [-0.25, -0.2) is 0 Å². The Morgan fingerprint density at radius 1 is 1.07 bits per heavy atom. The standard InChI is InChI=1S/C20H16F3N3O2/c1-12(27)26-14-6-4-5-13(9-14)10-25-19(28)16-11-24-17-8-3-2-7-15(17)18(16)20(21,22)23/h2-9,11H,10H2,1H3,(H,25,28)(H,26,27). The van der Waals surface area contributed by atoms with Crippen molar-refractivity contribution in [2.24, 2.45) is 0 Å². The number of amides is 2. The first-order valence-corrected chi connectivity index (χ1v) is 8.35. The first-order chi connectivity index (χ1) is 13.3. The number of alkyl halides is 3. The number of aromatic nitrogens is 1. The number of nitrogens with one attached hydrogen (secondary N) is 2. The molecule has 0 saturated carbocycles. The number of hydrogen-bond donors (Lipinski definition) is 2. The predicted molar refractivity (Wildman–Crippen MR) is 98.7 cm³/mol. The van der Waals surface area contributed by atoms with Gasteiger partial charge in [-0.3, -0.25) is 14.6 Å². The molecule has 0 aliphatic heterocycles. The Bertz CT molecular complexity index is 1050. The van der Waals surface area contributed by atoms with Crippen molar-refractivity contribution in [1.29, 1.82) is 0 Å². The van der Waals surface area contributed by atoms with E-state index in [1.54, 1.807) is 30.3 Å². The number of hydrogen-bond acceptors (Lipinski definition) is 3. The molecule has 3 aromatic rings. The third-order valence-electron chi connectivity index (χ3n) is 4.00. The van der Waals surface area contributed by atoms with Crippen molar-refractivity contribution in [2.45, 2.75) is 19.6 Å². The molecule has 5 nitrogen and oxygen atoms in total. The van der Waals surface area contributed by atoms with Crippen LogP contribution in [0.15, 0.2) is 54.7 Å². The second kappa shape index (κ2) is 7.67. The zero-order valence-electron chi connectivity index (χ0n) is 14.8. The highest BCUT2D eigenvalue weighted by Crippen LogP contribution is 2.36. The van der Waals surface area contributed by atoms with E-state index in [4.69, 9.17) is 0 Å². The van der Waals surface area contributed by atoms with Gasteiger partial charge in [0.2, 0.25) is 5.91 Å². The number of carbonyl (C=O) groups excluding carboxylic acids is 2. The second-order valence-electron chi connectivity index (χ2n) is 6.13. The number of rotatable bonds is 4. The lowest BCUT2D eigenvalue weighted by Crippen LogP contribution is -2.26. The second-order valence-corrected chi connectivity index (χ2v) is 6.13. The Balaban J connectivity index is 1.87. The Labute approximate surface area is 158 Å². The van der Waals surface area contributed by atoms with Gasteiger partial charge < -0.3 is 10.6 Å². The lowest BCUT2D eigenvalue weighted by atomic mass is 10.0. The van der Waals surface area contributed by atoms with Gasteiger partial charge in [0.05, 0.1) is 16.6 Å². The van der Waals surface area contributed by atoms with Gasteiger partial charge in [0.15, 0.2) is 0 Å². The van der Waals surface area contributed by atoms with Crippen LogP contribution in [0.2, 0.25) is 0 Å². The molecule has 2 aromatic carbocycles. The normalized spacial score (nSPS) is 11.3. The minimum Gasteiger partial charge on any atom is -0.348 e. The molecule has 0 bridgehead atoms. The van der Waals surface area contributed by atoms with Crippen molar-refractivity contribution < 1.29 is 22.8 Å². The summed E-state index contributed by atoms with van der Waals surface area (Å²) in [7, 11) is 0. The number of benzene rings is 2. The topological polar surface area (TPSA) is 71.1 Å². The van der Waals surface area contributed by atoms with E-state index in [1.165, 1.54) is 25.1 Å². The molecule has 8 heteroatoms. The quantitative estimate of drug-likeness (QED) is 0.707. The maximum atomic E-state index is 13.6. The molecule has 1 aromatic heterocycles. The highest BCUT2D eigenvalue weighted by molar-refractivity contribution is 6.00. The Morgan fingerprint density at radius 3 is 2.54 bits per heavy atom. The molecule has 0 aliphatic rings. The molecule has 2 N–H and O–H groups in total. The summed E-state index contributed by atoms with van der Waals surface area (Å²) >= 11 is 0. The summed E-state index contributed by atoms with van der Waals surface area (Å²) in [6.07, 6.45) is -3.77. The smallest absolute Gasteiger partial charge is 0.348 e. The third kappa shape index (κ3) is 4.28. The van der Waals surface area contributed by atoms with E-state index < -0.39 is 23.2 Å². The van der Waals surface area contributed by atoms with Gasteiger partial charge in [-0.1, -0.05) is 30.3 Å². The zero-order valence-corrected chi connectivity index (χ0v) is 14.8. The molecule has 28 heavy (non-hydrogen) atoms. The summed E-state index contributed by atoms with van der Waals surface area (Å²) in [5.41, 5.74) is -0.231. The van der Waals surface area contributed by atoms with Crippen molar-refractivity contribution in [3.63, 3.8) is 0 Å². The van der Waals surface area contributed by atoms with E-state index >= 15 is 0 Å². The minimum absolute atomic E-state index is 0.00359. The first-order valence-electron chi connectivity index (χ1n) is 8.35. The molecule has 3 rings (SSSR count). The fourth-order valence-corrected chi connectivity index (χ4v) is 2.86. The molecule has 0 spiro atoms. The van der Waals surface area contributed by atoms with Crippen LogP contribution < -0.4 is 10.6 Å². The summed E-state index contributed by atoms with van der Waals surface area (Å²) in [6, 6.07) is 12.5. The van der Waals surface area contributed by atoms with Gasteiger partial charge in [-0.05, 0) is 23.8 Å². The summed E-state index contributed by atoms with van der Waals surface area (Å²) in [6.45, 7) is 1.36. The molecule has 0 saturated heterocycles. The van der Waals surface area contributed by atoms with E-state index in [0.717, 1.165) is 6.20 Å². The zero-order chi connectivity index (χ0) is 20.3. The minimum atomic E-state index is -4.71. The van der Waals surface area contributed by atoms with Crippen LogP contribution in [0.4, 0.5) is 18.9 Å². The highest BCUT2D eigenvalue weighted by Gasteiger charge is 2.37. The van der Waals surface area contributed by atoms with E-state index in [1.807, 2.05) is 0 Å². The van der Waals surface area contributed by atoms with Crippen LogP contribution in [0.3, 0.4) is 0 Å². The molecular formula is C20H16F3N3O2. The van der Waals surface area contributed by atoms with Crippen LogP contribution in [0.25, 0.3) is 10.9 Å². The highest BCUT2D eigenvalue weighted by atomic mass is 19.4. The molecular weight excluding hydrogens is 371 g/mol. The van der Waals surface area contributed by atoms with E-state index in [-0.39, 0.29) is 23.4 Å². The maximum absolute atomic E-state index is 13.6. The number of halogens is 3. The van der Waals surface area contributed by atoms with Crippen molar-refractivity contribution in [3.8, 4) is 0 Å². The van der Waals surface area contributed by atoms with Gasteiger partial charge in [-0.2, -0.15) is 13.2 Å². The van der Waals surface area contributed by atoms with Crippen LogP contribution in [0.5, 0.6) is 0 Å². The lowest BCUT2D eigenvalue weighted by molar-refractivity contribution is -0.136. The van der Waals surface area contributed by atoms with Crippen LogP contribution in [-0.2, 0) is 17.5 Å². The molecule has 144 valence electrons. The molecule has 0 radical (unpaired) electrons. The van der Waals surface area contributed by atoms with Crippen molar-refractivity contribution in [1.82, 2.24) is 10.3 Å². The summed E-state index contributed by atoms with van der Waals surface area (Å²) in [5, 5.41) is 4.96. The lowest BCUT2D eigenvalue weighted by Gasteiger charge is -2.15. The summed E-state index contributed by atoms with van der Waals surface area (Å²) < 4.78 is 40.9. The van der Waals surface area contributed by atoms with Crippen molar-refractivity contribution in [2.75, 3.05) is 5.32 Å². The Morgan fingerprint density at radius 2 is 1.82 bits per heavy atom. The summed E-state index contributed by atoms with van der Waals surface area (Å²) in [4.78, 5) is 27.6. The van der Waals surface area contributed by atoms with Crippen LogP contribution in [0, 0.1) is 0 Å². The van der Waals surface area contributed by atoms with Gasteiger partial charge in [0.25, 0.3) is 5.91 Å². The van der Waals surface area contributed by atoms with Gasteiger partial charge in [0.1, 0.15) is 0 Å². The number of fused-ring (bicyclic) bond motifs is 1. The molecule has 1 heterocycles. The Hall–Kier alpha value is -3.42. The van der Waals surface area contributed by atoms with Gasteiger partial charge in [0, 0.05) is 30.7 Å². The van der Waals surface area contributed by atoms with Crippen LogP contribution in [-0.4, -0.2) is 16.8 Å². The number of carbonyl (C=O) groups is 2. The fraction of sp³-hybridized carbons (Fsp3) is 0.150. The van der Waals surface area contributed by atoms with Gasteiger partial charge >= 0.3 is 6.18 Å². The maximum Gasteiger partial charge on any atom is 0.417 e. The van der Waals surface area contributed by atoms with Crippen LogP contribution in [0.1, 0.15) is 28.4 Å². The molecule has 0 fully saturated rings. The number of pyridine rings is 1. The predicted octanol–water partition coefficient (Wildman–Crippen LogP) is 4.14. The largest absolute Gasteiger partial charge is 0.417 e. The van der Waals surface area contributed by atoms with E-state index in [0.29, 0.717) is 11.3 Å². The van der Waals surface area contributed by atoms with Crippen molar-refractivity contribution in [3.05, 3.63) is 71.4 Å². The number of para-hydroxylation sites is 1. The third-order valence-corrected chi connectivity index (χ3v) is 4.00. The Kier molecular flexibility index (Phi) is 5.30. The molecule has 0 atom stereocenters. The molecule has 0 unspecified atom stereocenters. The molecule has 0 aliphatic carbocycles. The SMILES string of the molecule is CC(=O)Nc1cccc(CNC(=O)c2cnc3ccccc3c2C(F)(F)F)c1. The number of anilines is 1. The average molecular weight is 387 g/mol. The van der Waals surface area contributed by atoms with Crippen molar-refractivity contribution >= 4 is 28.4 Å². The van der Waals surface area contributed by atoms with E-state index in [2.05, 4.69) is 15.6 Å².